The van der Waals surface area contributed by atoms with Gasteiger partial charge in [0.15, 0.2) is 0 Å². The molecule has 0 atom stereocenters. The summed E-state index contributed by atoms with van der Waals surface area (Å²) in [4.78, 5) is 64.8. The van der Waals surface area contributed by atoms with E-state index in [4.69, 9.17) is 9.47 Å². The van der Waals surface area contributed by atoms with E-state index in [0.717, 1.165) is 12.1 Å². The number of aromatic nitrogens is 3. The van der Waals surface area contributed by atoms with Gasteiger partial charge in [0, 0.05) is 23.3 Å². The van der Waals surface area contributed by atoms with Crippen LogP contribution in [0.15, 0.2) is 59.8 Å². The van der Waals surface area contributed by atoms with E-state index in [-0.39, 0.29) is 46.7 Å². The third-order valence-corrected chi connectivity index (χ3v) is 5.25. The summed E-state index contributed by atoms with van der Waals surface area (Å²) in [6.07, 6.45) is 1.83. The number of amides is 1. The number of imidazole rings is 1. The van der Waals surface area contributed by atoms with Crippen molar-refractivity contribution in [2.75, 3.05) is 11.9 Å². The second kappa shape index (κ2) is 10.6. The predicted octanol–water partition coefficient (Wildman–Crippen LogP) is 3.25. The molecular formula is C24H19N5O9. The quantitative estimate of drug-likeness (QED) is 0.176. The van der Waals surface area contributed by atoms with Crippen molar-refractivity contribution in [3.63, 3.8) is 0 Å². The first kappa shape index (κ1) is 25.6. The first-order valence-corrected chi connectivity index (χ1v) is 11.0. The minimum atomic E-state index is -1.44. The molecule has 2 heterocycles. The van der Waals surface area contributed by atoms with E-state index < -0.39 is 34.1 Å². The first-order valence-electron chi connectivity index (χ1n) is 11.0. The van der Waals surface area contributed by atoms with Crippen LogP contribution < -0.4 is 10.9 Å². The average Bonchev–Trinajstić information content (AvgIpc) is 3.35. The Morgan fingerprint density at radius 1 is 1.18 bits per heavy atom. The Labute approximate surface area is 212 Å². The lowest BCUT2D eigenvalue weighted by Crippen LogP contribution is -2.17. The van der Waals surface area contributed by atoms with Gasteiger partial charge in [0.05, 0.1) is 34.6 Å². The maximum Gasteiger partial charge on any atom is 0.412 e. The van der Waals surface area contributed by atoms with E-state index in [2.05, 4.69) is 15.3 Å². The maximum atomic E-state index is 12.2. The van der Waals surface area contributed by atoms with Crippen molar-refractivity contribution in [2.45, 2.75) is 13.5 Å². The van der Waals surface area contributed by atoms with E-state index in [1.165, 1.54) is 35.3 Å². The number of esters is 1. The Morgan fingerprint density at radius 3 is 2.68 bits per heavy atom. The second-order valence-electron chi connectivity index (χ2n) is 7.78. The van der Waals surface area contributed by atoms with Crippen LogP contribution in [0.25, 0.3) is 16.6 Å². The predicted molar refractivity (Wildman–Crippen MR) is 132 cm³/mol. The molecule has 0 aliphatic carbocycles. The number of nitro benzene ring substituents is 1. The number of rotatable bonds is 8. The number of carboxylic acid groups (broad SMARTS) is 1. The fourth-order valence-electron chi connectivity index (χ4n) is 3.54. The molecule has 2 aromatic heterocycles. The topological polar surface area (TPSA) is 196 Å². The highest BCUT2D eigenvalue weighted by Gasteiger charge is 2.20. The number of pyridine rings is 1. The van der Waals surface area contributed by atoms with Crippen LogP contribution in [0.4, 0.5) is 16.2 Å². The molecule has 4 rings (SSSR count). The van der Waals surface area contributed by atoms with Gasteiger partial charge in [-0.15, -0.1) is 0 Å². The third kappa shape index (κ3) is 5.48. The fraction of sp³-hybridized carbons (Fsp3) is 0.125. The number of H-pyrrole nitrogens is 1. The number of carboxylic acids is 1. The largest absolute Gasteiger partial charge is 0.477 e. The summed E-state index contributed by atoms with van der Waals surface area (Å²) in [5.74, 6) is -1.98. The van der Waals surface area contributed by atoms with Gasteiger partial charge in [0.2, 0.25) is 0 Å². The number of nitrogens with one attached hydrogen (secondary N) is 2. The molecule has 0 saturated carbocycles. The molecule has 0 aliphatic heterocycles. The molecule has 0 bridgehead atoms. The first-order chi connectivity index (χ1) is 18.2. The number of ether oxygens (including phenoxy) is 2. The van der Waals surface area contributed by atoms with Gasteiger partial charge in [-0.3, -0.25) is 24.8 Å². The standard InChI is InChI=1S/C24H19N5O9/c1-2-37-23(33)13-4-3-5-15(6-13)26-24(34)38-11-16-10-28(12-25-16)19-8-14-7-17(22(31)32)21(30)27-18(14)9-20(19)29(35)36/h3-10,12H,2,11H2,1H3,(H,26,34)(H,27,30)(H,31,32). The molecule has 1 amide bonds. The summed E-state index contributed by atoms with van der Waals surface area (Å²) in [7, 11) is 0. The van der Waals surface area contributed by atoms with Crippen LogP contribution in [0.2, 0.25) is 0 Å². The molecule has 14 heteroatoms. The zero-order valence-electron chi connectivity index (χ0n) is 19.7. The molecule has 194 valence electrons. The summed E-state index contributed by atoms with van der Waals surface area (Å²) in [6, 6.07) is 9.65. The van der Waals surface area contributed by atoms with Crippen LogP contribution >= 0.6 is 0 Å². The van der Waals surface area contributed by atoms with E-state index in [0.29, 0.717) is 5.69 Å². The zero-order valence-corrected chi connectivity index (χ0v) is 19.7. The number of carbonyl (C=O) groups excluding carboxylic acids is 2. The van der Waals surface area contributed by atoms with Crippen molar-refractivity contribution < 1.29 is 33.9 Å². The molecule has 0 radical (unpaired) electrons. The molecule has 2 aromatic carbocycles. The number of benzene rings is 2. The Kier molecular flexibility index (Phi) is 7.14. The normalized spacial score (nSPS) is 10.7. The summed E-state index contributed by atoms with van der Waals surface area (Å²) >= 11 is 0. The molecule has 0 unspecified atom stereocenters. The van der Waals surface area contributed by atoms with Crippen molar-refractivity contribution >= 4 is 40.3 Å². The van der Waals surface area contributed by atoms with Gasteiger partial charge < -0.3 is 19.6 Å². The zero-order chi connectivity index (χ0) is 27.4. The van der Waals surface area contributed by atoms with E-state index >= 15 is 0 Å². The van der Waals surface area contributed by atoms with Crippen LogP contribution in [0, 0.1) is 10.1 Å². The van der Waals surface area contributed by atoms with Crippen molar-refractivity contribution in [2.24, 2.45) is 0 Å². The van der Waals surface area contributed by atoms with Crippen LogP contribution in [0.5, 0.6) is 0 Å². The SMILES string of the molecule is CCOC(=O)c1cccc(NC(=O)OCc2cn(-c3cc4cc(C(=O)O)c(=O)[nH]c4cc3[N+](=O)[O-])cn2)c1. The van der Waals surface area contributed by atoms with Gasteiger partial charge in [0.25, 0.3) is 11.2 Å². The molecule has 0 saturated heterocycles. The fourth-order valence-corrected chi connectivity index (χ4v) is 3.54. The molecule has 0 aliphatic rings. The van der Waals surface area contributed by atoms with Crippen LogP contribution in [-0.2, 0) is 16.1 Å². The van der Waals surface area contributed by atoms with Gasteiger partial charge in [-0.2, -0.15) is 0 Å². The average molecular weight is 521 g/mol. The molecule has 0 spiro atoms. The van der Waals surface area contributed by atoms with Gasteiger partial charge in [-0.1, -0.05) is 6.07 Å². The Morgan fingerprint density at radius 2 is 1.97 bits per heavy atom. The number of carbonyl (C=O) groups is 3. The lowest BCUT2D eigenvalue weighted by atomic mass is 10.1. The molecule has 14 nitrogen and oxygen atoms in total. The summed E-state index contributed by atoms with van der Waals surface area (Å²) in [6.45, 7) is 1.60. The number of aromatic carboxylic acids is 1. The number of nitrogens with zero attached hydrogens (tertiary/aromatic N) is 3. The molecule has 38 heavy (non-hydrogen) atoms. The Balaban J connectivity index is 1.52. The van der Waals surface area contributed by atoms with Crippen molar-refractivity contribution in [1.82, 2.24) is 14.5 Å². The Bertz CT molecular complexity index is 1640. The monoisotopic (exact) mass is 521 g/mol. The van der Waals surface area contributed by atoms with Crippen LogP contribution in [0.1, 0.15) is 33.3 Å². The van der Waals surface area contributed by atoms with Gasteiger partial charge in [-0.25, -0.2) is 19.4 Å². The van der Waals surface area contributed by atoms with Gasteiger partial charge >= 0.3 is 18.0 Å². The lowest BCUT2D eigenvalue weighted by Gasteiger charge is -2.08. The second-order valence-corrected chi connectivity index (χ2v) is 7.78. The van der Waals surface area contributed by atoms with Gasteiger partial charge in [-0.05, 0) is 37.3 Å². The van der Waals surface area contributed by atoms with E-state index in [1.807, 2.05) is 0 Å². The number of hydrogen-bond acceptors (Lipinski definition) is 9. The highest BCUT2D eigenvalue weighted by molar-refractivity contribution is 5.94. The van der Waals surface area contributed by atoms with Crippen molar-refractivity contribution in [3.05, 3.63) is 92.3 Å². The highest BCUT2D eigenvalue weighted by atomic mass is 16.6. The Hall–Kier alpha value is -5.53. The van der Waals surface area contributed by atoms with Crippen molar-refractivity contribution in [1.29, 1.82) is 0 Å². The molecule has 3 N–H and O–H groups in total. The summed E-state index contributed by atoms with van der Waals surface area (Å²) < 4.78 is 11.4. The molecule has 0 fully saturated rings. The van der Waals surface area contributed by atoms with E-state index in [9.17, 15) is 34.4 Å². The number of anilines is 1. The number of nitro groups is 1. The van der Waals surface area contributed by atoms with Crippen molar-refractivity contribution in [3.8, 4) is 5.69 Å². The number of aromatic amines is 1. The number of hydrogen-bond donors (Lipinski definition) is 3. The summed E-state index contributed by atoms with van der Waals surface area (Å²) in [5.41, 5.74) is -0.845. The van der Waals surface area contributed by atoms with Crippen LogP contribution in [-0.4, -0.2) is 49.2 Å². The highest BCUT2D eigenvalue weighted by Crippen LogP contribution is 2.28. The minimum Gasteiger partial charge on any atom is -0.477 e. The minimum absolute atomic E-state index is 0.0462. The molecular weight excluding hydrogens is 502 g/mol. The number of fused-ring (bicyclic) bond motifs is 1. The van der Waals surface area contributed by atoms with E-state index in [1.54, 1.807) is 19.1 Å². The summed E-state index contributed by atoms with van der Waals surface area (Å²) in [5, 5.41) is 23.6. The third-order valence-electron chi connectivity index (χ3n) is 5.25. The molecule has 4 aromatic rings. The lowest BCUT2D eigenvalue weighted by molar-refractivity contribution is -0.384. The maximum absolute atomic E-state index is 12.2. The smallest absolute Gasteiger partial charge is 0.412 e. The van der Waals surface area contributed by atoms with Crippen LogP contribution in [0.3, 0.4) is 0 Å². The van der Waals surface area contributed by atoms with Gasteiger partial charge in [0.1, 0.15) is 17.9 Å².